The molecule has 0 radical (unpaired) electrons. The van der Waals surface area contributed by atoms with Crippen molar-refractivity contribution in [1.29, 1.82) is 0 Å². The van der Waals surface area contributed by atoms with E-state index in [0.29, 0.717) is 11.5 Å². The number of imide groups is 1. The maximum atomic E-state index is 12.3. The molecule has 3 rings (SSSR count). The first-order valence-corrected chi connectivity index (χ1v) is 9.21. The fourth-order valence-electron chi connectivity index (χ4n) is 2.57. The van der Waals surface area contributed by atoms with E-state index in [-0.39, 0.29) is 11.9 Å². The summed E-state index contributed by atoms with van der Waals surface area (Å²) < 4.78 is 10.3. The normalized spacial score (nSPS) is 22.0. The minimum Gasteiger partial charge on any atom is -0.466 e. The number of rotatable bonds is 5. The highest BCUT2D eigenvalue weighted by Gasteiger charge is 2.43. The summed E-state index contributed by atoms with van der Waals surface area (Å²) in [6, 6.07) is 2.13. The fraction of sp³-hybridized carbons (Fsp3) is 0.500. The fourth-order valence-corrected chi connectivity index (χ4v) is 3.98. The highest BCUT2D eigenvalue weighted by atomic mass is 32.2. The van der Waals surface area contributed by atoms with E-state index >= 15 is 0 Å². The van der Waals surface area contributed by atoms with Gasteiger partial charge in [-0.15, -0.1) is 11.8 Å². The van der Waals surface area contributed by atoms with Crippen LogP contribution in [0, 0.1) is 0 Å². The quantitative estimate of drug-likeness (QED) is 0.724. The van der Waals surface area contributed by atoms with Gasteiger partial charge < -0.3 is 19.4 Å². The Morgan fingerprint density at radius 1 is 1.35 bits per heavy atom. The lowest BCUT2D eigenvalue weighted by Crippen LogP contribution is -2.45. The van der Waals surface area contributed by atoms with Crippen molar-refractivity contribution >= 4 is 35.6 Å². The van der Waals surface area contributed by atoms with Crippen LogP contribution >= 0.6 is 11.8 Å². The van der Waals surface area contributed by atoms with Crippen molar-refractivity contribution in [3.05, 3.63) is 24.2 Å². The first kappa shape index (κ1) is 18.3. The molecule has 0 aromatic carbocycles. The van der Waals surface area contributed by atoms with Gasteiger partial charge in [0.2, 0.25) is 5.91 Å². The molecule has 2 N–H and O–H groups in total. The van der Waals surface area contributed by atoms with Gasteiger partial charge in [0.05, 0.1) is 6.26 Å². The summed E-state index contributed by atoms with van der Waals surface area (Å²) in [5, 5.41) is 4.27. The van der Waals surface area contributed by atoms with Gasteiger partial charge in [0.1, 0.15) is 17.2 Å². The lowest BCUT2D eigenvalue weighted by molar-refractivity contribution is -0.156. The number of furan rings is 1. The van der Waals surface area contributed by atoms with Crippen molar-refractivity contribution in [1.82, 2.24) is 15.5 Å². The molecule has 2 heterocycles. The molecule has 4 amide bonds. The Bertz CT molecular complexity index is 703. The van der Waals surface area contributed by atoms with Crippen LogP contribution in [-0.4, -0.2) is 53.2 Å². The Morgan fingerprint density at radius 3 is 2.73 bits per heavy atom. The Balaban J connectivity index is 1.52. The molecule has 10 heteroatoms. The van der Waals surface area contributed by atoms with Gasteiger partial charge in [-0.3, -0.25) is 14.9 Å². The summed E-state index contributed by atoms with van der Waals surface area (Å²) in [5.74, 6) is -0.826. The van der Waals surface area contributed by atoms with Gasteiger partial charge in [0.15, 0.2) is 6.61 Å². The molecule has 2 fully saturated rings. The van der Waals surface area contributed by atoms with E-state index in [1.54, 1.807) is 12.1 Å². The summed E-state index contributed by atoms with van der Waals surface area (Å²) >= 11 is 1.38. The van der Waals surface area contributed by atoms with E-state index in [9.17, 15) is 19.2 Å². The molecule has 0 unspecified atom stereocenters. The summed E-state index contributed by atoms with van der Waals surface area (Å²) in [7, 11) is 0. The smallest absolute Gasteiger partial charge is 0.330 e. The number of hydrogen-bond acceptors (Lipinski definition) is 7. The zero-order chi connectivity index (χ0) is 18.7. The van der Waals surface area contributed by atoms with Crippen LogP contribution in [0.25, 0.3) is 0 Å². The van der Waals surface area contributed by atoms with Crippen LogP contribution in [0.3, 0.4) is 0 Å². The lowest BCUT2D eigenvalue weighted by Gasteiger charge is -2.25. The molecule has 0 spiro atoms. The SMILES string of the molecule is CC(=O)N1[C@@H](C(=O)OCC(=O)NC(=O)NC2CC2)CS[C@@H]1c1ccco1. The molecule has 0 bridgehead atoms. The van der Waals surface area contributed by atoms with Gasteiger partial charge in [-0.05, 0) is 25.0 Å². The monoisotopic (exact) mass is 381 g/mol. The molecule has 26 heavy (non-hydrogen) atoms. The first-order chi connectivity index (χ1) is 12.5. The second-order valence-electron chi connectivity index (χ2n) is 6.05. The number of amides is 4. The zero-order valence-electron chi connectivity index (χ0n) is 14.1. The Labute approximate surface area is 153 Å². The molecule has 140 valence electrons. The van der Waals surface area contributed by atoms with Gasteiger partial charge in [0.25, 0.3) is 5.91 Å². The molecule has 2 aliphatic rings. The maximum Gasteiger partial charge on any atom is 0.330 e. The molecular weight excluding hydrogens is 362 g/mol. The van der Waals surface area contributed by atoms with Crippen LogP contribution in [0.4, 0.5) is 4.79 Å². The Hall–Kier alpha value is -2.49. The van der Waals surface area contributed by atoms with Crippen LogP contribution in [-0.2, 0) is 19.1 Å². The third kappa shape index (κ3) is 4.37. The summed E-state index contributed by atoms with van der Waals surface area (Å²) in [6.45, 7) is 0.770. The third-order valence-corrected chi connectivity index (χ3v) is 5.22. The van der Waals surface area contributed by atoms with E-state index < -0.39 is 35.9 Å². The number of nitrogens with zero attached hydrogens (tertiary/aromatic N) is 1. The number of carbonyl (C=O) groups excluding carboxylic acids is 4. The predicted molar refractivity (Wildman–Crippen MR) is 90.9 cm³/mol. The van der Waals surface area contributed by atoms with Gasteiger partial charge in [-0.2, -0.15) is 0 Å². The van der Waals surface area contributed by atoms with Crippen molar-refractivity contribution in [2.45, 2.75) is 37.2 Å². The molecular formula is C16H19N3O6S. The second-order valence-corrected chi connectivity index (χ2v) is 7.16. The summed E-state index contributed by atoms with van der Waals surface area (Å²) in [4.78, 5) is 48.8. The highest BCUT2D eigenvalue weighted by molar-refractivity contribution is 7.99. The molecule has 9 nitrogen and oxygen atoms in total. The van der Waals surface area contributed by atoms with Crippen LogP contribution in [0.1, 0.15) is 30.9 Å². The van der Waals surface area contributed by atoms with Crippen molar-refractivity contribution in [2.75, 3.05) is 12.4 Å². The van der Waals surface area contributed by atoms with E-state index in [2.05, 4.69) is 10.6 Å². The lowest BCUT2D eigenvalue weighted by atomic mass is 10.2. The average molecular weight is 381 g/mol. The summed E-state index contributed by atoms with van der Waals surface area (Å²) in [6.07, 6.45) is 3.29. The number of hydrogen-bond donors (Lipinski definition) is 2. The third-order valence-electron chi connectivity index (χ3n) is 3.93. The largest absolute Gasteiger partial charge is 0.466 e. The molecule has 1 saturated carbocycles. The topological polar surface area (TPSA) is 118 Å². The zero-order valence-corrected chi connectivity index (χ0v) is 14.9. The number of thioether (sulfide) groups is 1. The van der Waals surface area contributed by atoms with Gasteiger partial charge in [-0.25, -0.2) is 9.59 Å². The van der Waals surface area contributed by atoms with Crippen molar-refractivity contribution in [2.24, 2.45) is 0 Å². The van der Waals surface area contributed by atoms with Crippen molar-refractivity contribution in [3.63, 3.8) is 0 Å². The van der Waals surface area contributed by atoms with E-state index in [1.165, 1.54) is 29.8 Å². The number of ether oxygens (including phenoxy) is 1. The second kappa shape index (κ2) is 7.81. The minimum absolute atomic E-state index is 0.114. The average Bonchev–Trinajstić information content (AvgIpc) is 3.08. The predicted octanol–water partition coefficient (Wildman–Crippen LogP) is 0.774. The number of urea groups is 1. The molecule has 1 aliphatic heterocycles. The van der Waals surface area contributed by atoms with Crippen LogP contribution in [0.5, 0.6) is 0 Å². The minimum atomic E-state index is -0.819. The van der Waals surface area contributed by atoms with Gasteiger partial charge in [-0.1, -0.05) is 0 Å². The van der Waals surface area contributed by atoms with E-state index in [0.717, 1.165) is 12.8 Å². The van der Waals surface area contributed by atoms with Crippen molar-refractivity contribution < 1.29 is 28.3 Å². The van der Waals surface area contributed by atoms with Crippen molar-refractivity contribution in [3.8, 4) is 0 Å². The maximum absolute atomic E-state index is 12.3. The van der Waals surface area contributed by atoms with Crippen LogP contribution in [0.15, 0.2) is 22.8 Å². The van der Waals surface area contributed by atoms with E-state index in [4.69, 9.17) is 9.15 Å². The molecule has 2 atom stereocenters. The molecule has 1 aromatic heterocycles. The Morgan fingerprint density at radius 2 is 2.12 bits per heavy atom. The first-order valence-electron chi connectivity index (χ1n) is 8.16. The van der Waals surface area contributed by atoms with Crippen LogP contribution < -0.4 is 10.6 Å². The van der Waals surface area contributed by atoms with Crippen LogP contribution in [0.2, 0.25) is 0 Å². The van der Waals surface area contributed by atoms with E-state index in [1.807, 2.05) is 0 Å². The standard InChI is InChI=1S/C16H19N3O6S/c1-9(20)19-11(8-26-14(19)12-3-2-6-24-12)15(22)25-7-13(21)18-16(23)17-10-4-5-10/h2-3,6,10-11,14H,4-5,7-8H2,1H3,(H2,17,18,21,23)/t11-,14-/m1/s1. The number of esters is 1. The summed E-state index contributed by atoms with van der Waals surface area (Å²) in [5.41, 5.74) is 0. The number of carbonyl (C=O) groups is 4. The molecule has 1 aromatic rings. The van der Waals surface area contributed by atoms with Gasteiger partial charge >= 0.3 is 12.0 Å². The van der Waals surface area contributed by atoms with Gasteiger partial charge in [0, 0.05) is 18.7 Å². The number of nitrogens with one attached hydrogen (secondary N) is 2. The highest BCUT2D eigenvalue weighted by Crippen LogP contribution is 2.41. The Kier molecular flexibility index (Phi) is 5.50. The molecule has 1 aliphatic carbocycles. The molecule has 1 saturated heterocycles.